The molecule has 0 bridgehead atoms. The van der Waals surface area contributed by atoms with Crippen molar-refractivity contribution in [1.29, 1.82) is 5.26 Å². The Morgan fingerprint density at radius 2 is 2.05 bits per heavy atom. The van der Waals surface area contributed by atoms with Crippen LogP contribution in [0.15, 0.2) is 23.0 Å². The number of nitriles is 1. The summed E-state index contributed by atoms with van der Waals surface area (Å²) in [4.78, 5) is 0. The van der Waals surface area contributed by atoms with E-state index in [2.05, 4.69) is 26.8 Å². The molecule has 1 atom stereocenters. The largest absolute Gasteiger partial charge is 0.472 e. The molecule has 1 aliphatic rings. The van der Waals surface area contributed by atoms with E-state index in [9.17, 15) is 10.4 Å². The van der Waals surface area contributed by atoms with Crippen LogP contribution in [0, 0.1) is 28.1 Å². The number of hydrogen-bond acceptors (Lipinski definition) is 3. The summed E-state index contributed by atoms with van der Waals surface area (Å²) in [5.41, 5.74) is 0.351. The Balaban J connectivity index is 2.13. The lowest BCUT2D eigenvalue weighted by molar-refractivity contribution is 0.00811. The summed E-state index contributed by atoms with van der Waals surface area (Å²) >= 11 is 0. The Labute approximate surface area is 115 Å². The van der Waals surface area contributed by atoms with E-state index in [1.807, 2.05) is 0 Å². The van der Waals surface area contributed by atoms with Crippen molar-refractivity contribution in [2.45, 2.75) is 52.6 Å². The van der Waals surface area contributed by atoms with Gasteiger partial charge in [0.25, 0.3) is 0 Å². The van der Waals surface area contributed by atoms with Crippen LogP contribution in [0.4, 0.5) is 0 Å². The molecule has 3 nitrogen and oxygen atoms in total. The Morgan fingerprint density at radius 3 is 2.47 bits per heavy atom. The summed E-state index contributed by atoms with van der Waals surface area (Å²) in [5, 5.41) is 20.1. The molecule has 3 heteroatoms. The van der Waals surface area contributed by atoms with Crippen LogP contribution in [0.1, 0.15) is 58.1 Å². The molecule has 19 heavy (non-hydrogen) atoms. The third kappa shape index (κ3) is 2.69. The molecule has 0 aliphatic heterocycles. The molecule has 1 unspecified atom stereocenters. The number of rotatable bonds is 2. The van der Waals surface area contributed by atoms with Crippen LogP contribution >= 0.6 is 0 Å². The SMILES string of the molecule is CC(C)(C)C1CCC(C#N)(C(O)c2ccoc2)CC1. The molecule has 1 heterocycles. The molecular weight excluding hydrogens is 238 g/mol. The van der Waals surface area contributed by atoms with Gasteiger partial charge in [-0.15, -0.1) is 0 Å². The van der Waals surface area contributed by atoms with Gasteiger partial charge in [-0.1, -0.05) is 20.8 Å². The Hall–Kier alpha value is -1.27. The van der Waals surface area contributed by atoms with Crippen molar-refractivity contribution in [3.63, 3.8) is 0 Å². The molecular formula is C16H23NO2. The number of furan rings is 1. The van der Waals surface area contributed by atoms with Gasteiger partial charge in [-0.05, 0) is 43.1 Å². The molecule has 1 N–H and O–H groups in total. The van der Waals surface area contributed by atoms with E-state index >= 15 is 0 Å². The van der Waals surface area contributed by atoms with Crippen molar-refractivity contribution in [1.82, 2.24) is 0 Å². The molecule has 1 aromatic heterocycles. The molecule has 0 aromatic carbocycles. The molecule has 0 spiro atoms. The first-order valence-corrected chi connectivity index (χ1v) is 7.00. The van der Waals surface area contributed by atoms with Gasteiger partial charge in [0.2, 0.25) is 0 Å². The van der Waals surface area contributed by atoms with Gasteiger partial charge < -0.3 is 9.52 Å². The Kier molecular flexibility index (Phi) is 3.73. The van der Waals surface area contributed by atoms with Gasteiger partial charge >= 0.3 is 0 Å². The zero-order chi connectivity index (χ0) is 14.1. The average Bonchev–Trinajstić information content (AvgIpc) is 2.90. The first kappa shape index (κ1) is 14.1. The minimum atomic E-state index is -0.739. The summed E-state index contributed by atoms with van der Waals surface area (Å²) in [7, 11) is 0. The van der Waals surface area contributed by atoms with Crippen LogP contribution in [0.25, 0.3) is 0 Å². The lowest BCUT2D eigenvalue weighted by atomic mass is 9.62. The van der Waals surface area contributed by atoms with Gasteiger partial charge in [0.05, 0.1) is 24.0 Å². The van der Waals surface area contributed by atoms with Crippen molar-refractivity contribution in [3.05, 3.63) is 24.2 Å². The summed E-state index contributed by atoms with van der Waals surface area (Å²) in [5.74, 6) is 0.630. The van der Waals surface area contributed by atoms with E-state index in [0.717, 1.165) is 31.2 Å². The average molecular weight is 261 g/mol. The molecule has 1 saturated carbocycles. The summed E-state index contributed by atoms with van der Waals surface area (Å²) in [6.07, 6.45) is 5.88. The first-order valence-electron chi connectivity index (χ1n) is 7.00. The summed E-state index contributed by atoms with van der Waals surface area (Å²) in [6.45, 7) is 6.76. The minimum Gasteiger partial charge on any atom is -0.472 e. The number of aliphatic hydroxyl groups is 1. The topological polar surface area (TPSA) is 57.2 Å². The lowest BCUT2D eigenvalue weighted by Gasteiger charge is -2.42. The smallest absolute Gasteiger partial charge is 0.101 e. The molecule has 0 saturated heterocycles. The second-order valence-corrected chi connectivity index (χ2v) is 6.87. The van der Waals surface area contributed by atoms with Gasteiger partial charge in [0, 0.05) is 5.56 Å². The van der Waals surface area contributed by atoms with E-state index in [4.69, 9.17) is 4.42 Å². The second kappa shape index (κ2) is 5.02. The quantitative estimate of drug-likeness (QED) is 0.873. The van der Waals surface area contributed by atoms with Crippen LogP contribution in [0.5, 0.6) is 0 Å². The Morgan fingerprint density at radius 1 is 1.42 bits per heavy atom. The van der Waals surface area contributed by atoms with Gasteiger partial charge in [-0.3, -0.25) is 0 Å². The van der Waals surface area contributed by atoms with Crippen molar-refractivity contribution < 1.29 is 9.52 Å². The van der Waals surface area contributed by atoms with E-state index in [1.165, 1.54) is 0 Å². The van der Waals surface area contributed by atoms with Crippen molar-refractivity contribution >= 4 is 0 Å². The zero-order valence-electron chi connectivity index (χ0n) is 12.0. The fraction of sp³-hybridized carbons (Fsp3) is 0.688. The van der Waals surface area contributed by atoms with E-state index in [0.29, 0.717) is 5.92 Å². The molecule has 0 amide bonds. The second-order valence-electron chi connectivity index (χ2n) is 6.87. The van der Waals surface area contributed by atoms with Crippen LogP contribution in [-0.2, 0) is 0 Å². The predicted molar refractivity (Wildman–Crippen MR) is 73.1 cm³/mol. The highest BCUT2D eigenvalue weighted by Crippen LogP contribution is 2.50. The molecule has 1 aromatic rings. The van der Waals surface area contributed by atoms with Crippen molar-refractivity contribution in [2.75, 3.05) is 0 Å². The normalized spacial score (nSPS) is 29.7. The fourth-order valence-corrected chi connectivity index (χ4v) is 3.19. The van der Waals surface area contributed by atoms with Crippen molar-refractivity contribution in [2.24, 2.45) is 16.7 Å². The number of aliphatic hydroxyl groups excluding tert-OH is 1. The van der Waals surface area contributed by atoms with Crippen LogP contribution in [-0.4, -0.2) is 5.11 Å². The number of hydrogen-bond donors (Lipinski definition) is 1. The Bertz CT molecular complexity index is 442. The highest BCUT2D eigenvalue weighted by molar-refractivity contribution is 5.19. The van der Waals surface area contributed by atoms with Gasteiger partial charge in [0.15, 0.2) is 0 Å². The maximum Gasteiger partial charge on any atom is 0.101 e. The molecule has 104 valence electrons. The van der Waals surface area contributed by atoms with Crippen LogP contribution in [0.3, 0.4) is 0 Å². The van der Waals surface area contributed by atoms with Crippen molar-refractivity contribution in [3.8, 4) is 6.07 Å². The van der Waals surface area contributed by atoms with E-state index < -0.39 is 11.5 Å². The van der Waals surface area contributed by atoms with E-state index in [-0.39, 0.29) is 5.41 Å². The summed E-state index contributed by atoms with van der Waals surface area (Å²) in [6, 6.07) is 4.14. The predicted octanol–water partition coefficient (Wildman–Crippen LogP) is 4.06. The summed E-state index contributed by atoms with van der Waals surface area (Å²) < 4.78 is 5.02. The van der Waals surface area contributed by atoms with Gasteiger partial charge in [-0.25, -0.2) is 0 Å². The number of nitrogens with zero attached hydrogens (tertiary/aromatic N) is 1. The third-order valence-corrected chi connectivity index (χ3v) is 4.71. The molecule has 1 fully saturated rings. The minimum absolute atomic E-state index is 0.280. The lowest BCUT2D eigenvalue weighted by Crippen LogP contribution is -2.35. The molecule has 2 rings (SSSR count). The van der Waals surface area contributed by atoms with E-state index in [1.54, 1.807) is 18.6 Å². The highest BCUT2D eigenvalue weighted by atomic mass is 16.3. The zero-order valence-corrected chi connectivity index (χ0v) is 12.0. The fourth-order valence-electron chi connectivity index (χ4n) is 3.19. The maximum atomic E-state index is 10.5. The van der Waals surface area contributed by atoms with Crippen LogP contribution in [0.2, 0.25) is 0 Å². The van der Waals surface area contributed by atoms with Gasteiger partial charge in [-0.2, -0.15) is 5.26 Å². The highest BCUT2D eigenvalue weighted by Gasteiger charge is 2.44. The molecule has 1 aliphatic carbocycles. The van der Waals surface area contributed by atoms with Gasteiger partial charge in [0.1, 0.15) is 6.10 Å². The first-order chi connectivity index (χ1) is 8.89. The standard InChI is InChI=1S/C16H23NO2/c1-15(2,3)13-4-7-16(11-17,8-5-13)14(18)12-6-9-19-10-12/h6,9-10,13-14,18H,4-5,7-8H2,1-3H3. The maximum absolute atomic E-state index is 10.5. The third-order valence-electron chi connectivity index (χ3n) is 4.71. The van der Waals surface area contributed by atoms with Crippen LogP contribution < -0.4 is 0 Å². The monoisotopic (exact) mass is 261 g/mol. The molecule has 0 radical (unpaired) electrons.